The number of hydrogen-bond acceptors (Lipinski definition) is 4. The number of ether oxygens (including phenoxy) is 2. The second-order valence-electron chi connectivity index (χ2n) is 10.1. The number of aliphatic hydroxyl groups is 1. The van der Waals surface area contributed by atoms with Crippen LogP contribution in [0, 0.1) is 0 Å². The third-order valence-corrected chi connectivity index (χ3v) is 7.76. The Morgan fingerprint density at radius 2 is 1.64 bits per heavy atom. The van der Waals surface area contributed by atoms with E-state index in [1.165, 1.54) is 0 Å². The number of aromatic amines is 1. The van der Waals surface area contributed by atoms with Crippen molar-refractivity contribution >= 4 is 40.2 Å². The van der Waals surface area contributed by atoms with Gasteiger partial charge >= 0.3 is 25.0 Å². The molecule has 0 bridgehead atoms. The number of aromatic nitrogens is 1. The summed E-state index contributed by atoms with van der Waals surface area (Å²) in [5.41, 5.74) is 4.06. The molecule has 42 heavy (non-hydrogen) atoms. The molecule has 1 atom stereocenters. The first-order valence-electron chi connectivity index (χ1n) is 14.0. The van der Waals surface area contributed by atoms with E-state index in [9.17, 15) is 4.79 Å². The second kappa shape index (κ2) is 15.7. The number of carbonyl (C=O) groups excluding carboxylic acids is 1. The average molecular weight is 602 g/mol. The summed E-state index contributed by atoms with van der Waals surface area (Å²) in [6.45, 7) is 2.59. The van der Waals surface area contributed by atoms with Gasteiger partial charge in [-0.2, -0.15) is 0 Å². The number of rotatable bonds is 12. The first-order valence-corrected chi connectivity index (χ1v) is 14.8. The van der Waals surface area contributed by atoms with Crippen molar-refractivity contribution in [2.24, 2.45) is 0 Å². The topological polar surface area (TPSA) is 88.9 Å². The van der Waals surface area contributed by atoms with Crippen molar-refractivity contribution in [1.82, 2.24) is 9.88 Å². The Kier molecular flexibility index (Phi) is 12.1. The van der Waals surface area contributed by atoms with Gasteiger partial charge in [-0.1, -0.05) is 54.6 Å². The predicted molar refractivity (Wildman–Crippen MR) is 164 cm³/mol. The molecule has 0 saturated heterocycles. The third-order valence-electron chi connectivity index (χ3n) is 7.28. The maximum Gasteiger partial charge on any atom is 1.00 e. The Morgan fingerprint density at radius 3 is 2.40 bits per heavy atom. The molecule has 1 amide bonds. The van der Waals surface area contributed by atoms with E-state index in [1.807, 2.05) is 42.5 Å². The molecule has 2 N–H and O–H groups in total. The first-order chi connectivity index (χ1) is 20.0. The molecular formula is C32H34Cl2LiN3O4. The zero-order valence-electron chi connectivity index (χ0n) is 23.8. The van der Waals surface area contributed by atoms with Crippen LogP contribution in [0.15, 0.2) is 66.7 Å². The summed E-state index contributed by atoms with van der Waals surface area (Å²) in [5.74, 6) is 1.23. The minimum absolute atomic E-state index is 0. The van der Waals surface area contributed by atoms with Gasteiger partial charge in [-0.3, -0.25) is 4.90 Å². The van der Waals surface area contributed by atoms with Crippen molar-refractivity contribution in [2.45, 2.75) is 38.1 Å². The Balaban J connectivity index is 0.00000405. The SMILES string of the molecule is O=C(Oc1ccc(Cl)cc1)N1CCc2c([nH]c3ccc(Cl)cc23)C1c1ccc(OCCCCCC[N-]CCO)cc1.[Li+]. The molecule has 7 nitrogen and oxygen atoms in total. The number of fused-ring (bicyclic) bond motifs is 3. The molecule has 5 rings (SSSR count). The zero-order valence-corrected chi connectivity index (χ0v) is 25.3. The molecule has 10 heteroatoms. The molecule has 1 aromatic heterocycles. The Morgan fingerprint density at radius 1 is 0.929 bits per heavy atom. The van der Waals surface area contributed by atoms with Crippen molar-refractivity contribution in [1.29, 1.82) is 0 Å². The van der Waals surface area contributed by atoms with Gasteiger partial charge in [0.25, 0.3) is 0 Å². The van der Waals surface area contributed by atoms with Gasteiger partial charge in [0.15, 0.2) is 0 Å². The molecule has 4 aromatic rings. The number of carbonyl (C=O) groups is 1. The van der Waals surface area contributed by atoms with E-state index in [2.05, 4.69) is 10.3 Å². The van der Waals surface area contributed by atoms with E-state index < -0.39 is 6.09 Å². The molecule has 3 aromatic carbocycles. The number of benzene rings is 3. The fraction of sp³-hybridized carbons (Fsp3) is 0.344. The fourth-order valence-corrected chi connectivity index (χ4v) is 5.56. The van der Waals surface area contributed by atoms with E-state index in [0.717, 1.165) is 65.7 Å². The van der Waals surface area contributed by atoms with Gasteiger partial charge in [0.1, 0.15) is 17.5 Å². The van der Waals surface area contributed by atoms with Gasteiger partial charge < -0.3 is 24.9 Å². The summed E-state index contributed by atoms with van der Waals surface area (Å²) in [5, 5.41) is 15.4. The van der Waals surface area contributed by atoms with Gasteiger partial charge in [-0.15, -0.1) is 13.1 Å². The molecule has 0 saturated carbocycles. The molecule has 1 unspecified atom stereocenters. The van der Waals surface area contributed by atoms with Crippen molar-refractivity contribution in [2.75, 3.05) is 32.8 Å². The van der Waals surface area contributed by atoms with Crippen LogP contribution in [0.1, 0.15) is 48.5 Å². The standard InChI is InChI=1S/C32H34Cl2N3O4.Li/c33-23-7-12-26(13-8-23)41-32(39)37-18-15-27-28-21-24(34)9-14-29(28)36-30(27)31(37)22-5-10-25(11-6-22)40-20-4-2-1-3-16-35-17-19-38;/h5-14,21,31,36,38H,1-4,15-20H2;/q-1;+1. The van der Waals surface area contributed by atoms with Crippen LogP contribution in [0.3, 0.4) is 0 Å². The Hall–Kier alpha value is -2.63. The van der Waals surface area contributed by atoms with E-state index in [0.29, 0.717) is 41.9 Å². The minimum Gasteiger partial charge on any atom is -0.660 e. The summed E-state index contributed by atoms with van der Waals surface area (Å²) in [4.78, 5) is 18.8. The number of nitrogens with zero attached hydrogens (tertiary/aromatic N) is 2. The van der Waals surface area contributed by atoms with Crippen LogP contribution in [0.5, 0.6) is 11.5 Å². The van der Waals surface area contributed by atoms with E-state index >= 15 is 0 Å². The van der Waals surface area contributed by atoms with E-state index in [-0.39, 0.29) is 31.5 Å². The molecular weight excluding hydrogens is 568 g/mol. The van der Waals surface area contributed by atoms with Gasteiger partial charge in [0, 0.05) is 39.8 Å². The number of nitrogens with one attached hydrogen (secondary N) is 1. The number of halogens is 2. The third kappa shape index (κ3) is 8.05. The predicted octanol–water partition coefficient (Wildman–Crippen LogP) is 4.93. The summed E-state index contributed by atoms with van der Waals surface area (Å²) in [6.07, 6.45) is 4.43. The molecule has 0 aliphatic carbocycles. The number of aliphatic hydroxyl groups excluding tert-OH is 1. The number of hydrogen-bond donors (Lipinski definition) is 2. The molecule has 0 spiro atoms. The molecule has 1 aliphatic heterocycles. The largest absolute Gasteiger partial charge is 1.00 e. The number of H-pyrrole nitrogens is 1. The van der Waals surface area contributed by atoms with Crippen LogP contribution >= 0.6 is 23.2 Å². The van der Waals surface area contributed by atoms with Crippen LogP contribution in [-0.4, -0.2) is 53.9 Å². The molecule has 0 radical (unpaired) electrons. The van der Waals surface area contributed by atoms with Crippen molar-refractivity contribution in [3.8, 4) is 11.5 Å². The zero-order chi connectivity index (χ0) is 28.6. The summed E-state index contributed by atoms with van der Waals surface area (Å²) in [6, 6.07) is 20.2. The van der Waals surface area contributed by atoms with Crippen LogP contribution in [0.4, 0.5) is 4.79 Å². The minimum atomic E-state index is -0.427. The van der Waals surface area contributed by atoms with Crippen molar-refractivity contribution < 1.29 is 38.2 Å². The fourth-order valence-electron chi connectivity index (χ4n) is 5.26. The summed E-state index contributed by atoms with van der Waals surface area (Å²) < 4.78 is 11.7. The average Bonchev–Trinajstić information content (AvgIpc) is 3.35. The monoisotopic (exact) mass is 601 g/mol. The number of unbranched alkanes of at least 4 members (excludes halogenated alkanes) is 3. The summed E-state index contributed by atoms with van der Waals surface area (Å²) >= 11 is 12.3. The maximum absolute atomic E-state index is 13.5. The maximum atomic E-state index is 13.5. The van der Waals surface area contributed by atoms with Crippen molar-refractivity contribution in [3.05, 3.63) is 98.9 Å². The van der Waals surface area contributed by atoms with Crippen LogP contribution in [0.25, 0.3) is 16.2 Å². The Bertz CT molecular complexity index is 1450. The number of amides is 1. The summed E-state index contributed by atoms with van der Waals surface area (Å²) in [7, 11) is 0. The van der Waals surface area contributed by atoms with Crippen molar-refractivity contribution in [3.63, 3.8) is 0 Å². The van der Waals surface area contributed by atoms with Gasteiger partial charge in [-0.05, 0) is 78.6 Å². The van der Waals surface area contributed by atoms with Crippen LogP contribution in [0.2, 0.25) is 10.0 Å². The quantitative estimate of drug-likeness (QED) is 0.178. The molecule has 216 valence electrons. The van der Waals surface area contributed by atoms with Gasteiger partial charge in [0.2, 0.25) is 0 Å². The van der Waals surface area contributed by atoms with Crippen LogP contribution in [-0.2, 0) is 6.42 Å². The normalized spacial score (nSPS) is 14.4. The second-order valence-corrected chi connectivity index (χ2v) is 11.0. The molecule has 0 fully saturated rings. The molecule has 1 aliphatic rings. The van der Waals surface area contributed by atoms with E-state index in [1.54, 1.807) is 29.2 Å². The smallest absolute Gasteiger partial charge is 0.660 e. The van der Waals surface area contributed by atoms with E-state index in [4.69, 9.17) is 37.8 Å². The molecule has 2 heterocycles. The van der Waals surface area contributed by atoms with Gasteiger partial charge in [0.05, 0.1) is 6.61 Å². The van der Waals surface area contributed by atoms with Gasteiger partial charge in [-0.25, -0.2) is 4.79 Å². The van der Waals surface area contributed by atoms with Crippen LogP contribution < -0.4 is 28.3 Å². The Labute approximate surface area is 268 Å². The first kappa shape index (κ1) is 32.3.